The zero-order valence-corrected chi connectivity index (χ0v) is 21.4. The van der Waals surface area contributed by atoms with Crippen molar-refractivity contribution in [1.29, 1.82) is 0 Å². The number of benzene rings is 2. The van der Waals surface area contributed by atoms with Crippen LogP contribution < -0.4 is 29.7 Å². The maximum absolute atomic E-state index is 5.62. The Bertz CT molecular complexity index is 1130. The van der Waals surface area contributed by atoms with Crippen molar-refractivity contribution in [3.8, 4) is 17.2 Å². The molecule has 1 aliphatic carbocycles. The molecule has 8 nitrogen and oxygen atoms in total. The topological polar surface area (TPSA) is 80.8 Å². The second kappa shape index (κ2) is 11.4. The molecule has 35 heavy (non-hydrogen) atoms. The molecule has 1 heterocycles. The molecular weight excluding hydrogens is 442 g/mol. The van der Waals surface area contributed by atoms with E-state index in [1.54, 1.807) is 21.3 Å². The van der Waals surface area contributed by atoms with E-state index < -0.39 is 0 Å². The van der Waals surface area contributed by atoms with E-state index in [-0.39, 0.29) is 0 Å². The summed E-state index contributed by atoms with van der Waals surface area (Å²) in [4.78, 5) is 11.5. The summed E-state index contributed by atoms with van der Waals surface area (Å²) in [5, 5.41) is 8.28. The SMILES string of the molecule is COc1ccc(CNC2CCC(CNc3nc(N(C)C)c4ccccc4n3)CC2)c(OC)c1OC. The van der Waals surface area contributed by atoms with E-state index in [0.717, 1.165) is 54.0 Å². The van der Waals surface area contributed by atoms with Gasteiger partial charge >= 0.3 is 0 Å². The number of aromatic nitrogens is 2. The third-order valence-electron chi connectivity index (χ3n) is 6.77. The molecule has 0 unspecified atom stereocenters. The average Bonchev–Trinajstić information content (AvgIpc) is 2.89. The van der Waals surface area contributed by atoms with Gasteiger partial charge in [-0.2, -0.15) is 4.98 Å². The van der Waals surface area contributed by atoms with Crippen LogP contribution in [0.3, 0.4) is 0 Å². The highest BCUT2D eigenvalue weighted by molar-refractivity contribution is 5.90. The Morgan fingerprint density at radius 1 is 0.886 bits per heavy atom. The second-order valence-electron chi connectivity index (χ2n) is 9.26. The molecule has 0 radical (unpaired) electrons. The molecule has 0 aliphatic heterocycles. The van der Waals surface area contributed by atoms with Gasteiger partial charge in [-0.15, -0.1) is 0 Å². The number of methoxy groups -OCH3 is 3. The highest BCUT2D eigenvalue weighted by Gasteiger charge is 2.22. The molecule has 0 amide bonds. The predicted molar refractivity (Wildman–Crippen MR) is 141 cm³/mol. The maximum atomic E-state index is 5.62. The summed E-state index contributed by atoms with van der Waals surface area (Å²) < 4.78 is 16.5. The average molecular weight is 480 g/mol. The maximum Gasteiger partial charge on any atom is 0.225 e. The van der Waals surface area contributed by atoms with Gasteiger partial charge in [-0.3, -0.25) is 0 Å². The zero-order valence-electron chi connectivity index (χ0n) is 21.4. The molecule has 0 saturated heterocycles. The van der Waals surface area contributed by atoms with Crippen LogP contribution in [0, 0.1) is 5.92 Å². The van der Waals surface area contributed by atoms with Gasteiger partial charge in [-0.1, -0.05) is 18.2 Å². The van der Waals surface area contributed by atoms with Crippen molar-refractivity contribution in [2.24, 2.45) is 5.92 Å². The van der Waals surface area contributed by atoms with Crippen LogP contribution in [0.5, 0.6) is 17.2 Å². The molecule has 4 rings (SSSR count). The summed E-state index contributed by atoms with van der Waals surface area (Å²) in [5.41, 5.74) is 2.03. The summed E-state index contributed by atoms with van der Waals surface area (Å²) in [6, 6.07) is 12.6. The normalized spacial score (nSPS) is 17.7. The molecule has 2 N–H and O–H groups in total. The fourth-order valence-electron chi connectivity index (χ4n) is 4.84. The van der Waals surface area contributed by atoms with Crippen LogP contribution in [0.15, 0.2) is 36.4 Å². The third kappa shape index (κ3) is 5.70. The fourth-order valence-corrected chi connectivity index (χ4v) is 4.84. The Kier molecular flexibility index (Phi) is 8.13. The largest absolute Gasteiger partial charge is 0.493 e. The lowest BCUT2D eigenvalue weighted by atomic mass is 9.86. The van der Waals surface area contributed by atoms with E-state index in [4.69, 9.17) is 24.2 Å². The van der Waals surface area contributed by atoms with Crippen molar-refractivity contribution in [3.05, 3.63) is 42.0 Å². The van der Waals surface area contributed by atoms with Gasteiger partial charge in [0.15, 0.2) is 11.5 Å². The van der Waals surface area contributed by atoms with E-state index >= 15 is 0 Å². The quantitative estimate of drug-likeness (QED) is 0.441. The van der Waals surface area contributed by atoms with E-state index in [9.17, 15) is 0 Å². The van der Waals surface area contributed by atoms with Gasteiger partial charge in [0.1, 0.15) is 5.82 Å². The van der Waals surface area contributed by atoms with Gasteiger partial charge in [-0.25, -0.2) is 4.98 Å². The second-order valence-corrected chi connectivity index (χ2v) is 9.26. The lowest BCUT2D eigenvalue weighted by Crippen LogP contribution is -2.34. The Morgan fingerprint density at radius 3 is 2.31 bits per heavy atom. The van der Waals surface area contributed by atoms with Crippen LogP contribution in [-0.4, -0.2) is 58.0 Å². The smallest absolute Gasteiger partial charge is 0.225 e. The van der Waals surface area contributed by atoms with Crippen molar-refractivity contribution in [2.75, 3.05) is 52.2 Å². The first-order valence-electron chi connectivity index (χ1n) is 12.2. The summed E-state index contributed by atoms with van der Waals surface area (Å²) >= 11 is 0. The number of hydrogen-bond acceptors (Lipinski definition) is 8. The zero-order chi connectivity index (χ0) is 24.8. The van der Waals surface area contributed by atoms with Crippen molar-refractivity contribution in [2.45, 2.75) is 38.3 Å². The van der Waals surface area contributed by atoms with Gasteiger partial charge in [0.05, 0.1) is 26.8 Å². The van der Waals surface area contributed by atoms with E-state index in [1.165, 1.54) is 12.8 Å². The van der Waals surface area contributed by atoms with Crippen LogP contribution in [-0.2, 0) is 6.54 Å². The Balaban J connectivity index is 1.30. The van der Waals surface area contributed by atoms with E-state index in [1.807, 2.05) is 49.3 Å². The number of nitrogens with one attached hydrogen (secondary N) is 2. The Morgan fingerprint density at radius 2 is 1.63 bits per heavy atom. The molecular formula is C27H37N5O3. The minimum atomic E-state index is 0.487. The lowest BCUT2D eigenvalue weighted by molar-refractivity contribution is 0.296. The molecule has 1 saturated carbocycles. The first-order valence-corrected chi connectivity index (χ1v) is 12.2. The van der Waals surface area contributed by atoms with Crippen LogP contribution >= 0.6 is 0 Å². The first-order chi connectivity index (χ1) is 17.0. The predicted octanol–water partition coefficient (Wildman–Crippen LogP) is 4.48. The van der Waals surface area contributed by atoms with E-state index in [0.29, 0.717) is 29.4 Å². The fraction of sp³-hybridized carbons (Fsp3) is 0.481. The van der Waals surface area contributed by atoms with Gasteiger partial charge in [0, 0.05) is 44.2 Å². The molecule has 2 aromatic carbocycles. The van der Waals surface area contributed by atoms with E-state index in [2.05, 4.69) is 16.7 Å². The summed E-state index contributed by atoms with van der Waals surface area (Å²) in [6.45, 7) is 1.62. The number of rotatable bonds is 10. The number of nitrogens with zero attached hydrogens (tertiary/aromatic N) is 3. The molecule has 1 fully saturated rings. The van der Waals surface area contributed by atoms with Gasteiger partial charge in [-0.05, 0) is 49.8 Å². The summed E-state index contributed by atoms with van der Waals surface area (Å²) in [5.74, 6) is 4.29. The highest BCUT2D eigenvalue weighted by Crippen LogP contribution is 2.40. The molecule has 0 spiro atoms. The number of hydrogen-bond donors (Lipinski definition) is 2. The summed E-state index contributed by atoms with van der Waals surface area (Å²) in [7, 11) is 8.97. The third-order valence-corrected chi connectivity index (χ3v) is 6.77. The van der Waals surface area contributed by atoms with Crippen LogP contribution in [0.1, 0.15) is 31.2 Å². The van der Waals surface area contributed by atoms with Gasteiger partial charge in [0.2, 0.25) is 11.7 Å². The molecule has 3 aromatic rings. The van der Waals surface area contributed by atoms with Crippen molar-refractivity contribution in [3.63, 3.8) is 0 Å². The Labute approximate surface area is 208 Å². The Hall–Kier alpha value is -3.26. The molecule has 0 atom stereocenters. The first kappa shape index (κ1) is 24.9. The highest BCUT2D eigenvalue weighted by atomic mass is 16.5. The number of ether oxygens (including phenoxy) is 3. The van der Waals surface area contributed by atoms with Crippen molar-refractivity contribution in [1.82, 2.24) is 15.3 Å². The van der Waals surface area contributed by atoms with Crippen molar-refractivity contribution >= 4 is 22.7 Å². The number of anilines is 2. The minimum Gasteiger partial charge on any atom is -0.493 e. The van der Waals surface area contributed by atoms with Crippen LogP contribution in [0.4, 0.5) is 11.8 Å². The molecule has 1 aliphatic rings. The van der Waals surface area contributed by atoms with Crippen LogP contribution in [0.2, 0.25) is 0 Å². The van der Waals surface area contributed by atoms with Gasteiger partial charge < -0.3 is 29.7 Å². The lowest BCUT2D eigenvalue weighted by Gasteiger charge is -2.29. The minimum absolute atomic E-state index is 0.487. The summed E-state index contributed by atoms with van der Waals surface area (Å²) in [6.07, 6.45) is 4.62. The molecule has 8 heteroatoms. The van der Waals surface area contributed by atoms with Gasteiger partial charge in [0.25, 0.3) is 0 Å². The molecule has 188 valence electrons. The monoisotopic (exact) mass is 479 g/mol. The molecule has 0 bridgehead atoms. The van der Waals surface area contributed by atoms with Crippen molar-refractivity contribution < 1.29 is 14.2 Å². The molecule has 1 aromatic heterocycles. The standard InChI is InChI=1S/C27H37N5O3/c1-32(2)26-21-8-6-7-9-22(21)30-27(31-26)29-16-18-10-13-20(14-11-18)28-17-19-12-15-23(33-3)25(35-5)24(19)34-4/h6-9,12,15,18,20,28H,10-11,13-14,16-17H2,1-5H3,(H,29,30,31). The number of para-hydroxylation sites is 1. The van der Waals surface area contributed by atoms with Crippen LogP contribution in [0.25, 0.3) is 10.9 Å². The number of fused-ring (bicyclic) bond motifs is 1.